The van der Waals surface area contributed by atoms with Gasteiger partial charge in [0.1, 0.15) is 17.2 Å². The summed E-state index contributed by atoms with van der Waals surface area (Å²) in [5.41, 5.74) is 1.12. The van der Waals surface area contributed by atoms with E-state index in [-0.39, 0.29) is 5.78 Å². The predicted molar refractivity (Wildman–Crippen MR) is 78.8 cm³/mol. The minimum atomic E-state index is 0.0923. The topological polar surface area (TPSA) is 59.3 Å². The van der Waals surface area contributed by atoms with Gasteiger partial charge in [0.15, 0.2) is 5.78 Å². The highest BCUT2D eigenvalue weighted by Gasteiger charge is 2.06. The van der Waals surface area contributed by atoms with Gasteiger partial charge in [-0.1, -0.05) is 6.92 Å². The Morgan fingerprint density at radius 3 is 2.33 bits per heavy atom. The van der Waals surface area contributed by atoms with Crippen LogP contribution in [0, 0.1) is 11.3 Å². The molecule has 2 aromatic rings. The van der Waals surface area contributed by atoms with Crippen molar-refractivity contribution < 1.29 is 14.3 Å². The van der Waals surface area contributed by atoms with Crippen molar-refractivity contribution >= 4 is 5.78 Å². The van der Waals surface area contributed by atoms with E-state index < -0.39 is 0 Å². The standard InChI is InChI=1S/C17H15NO3/c1-3-17(19)13-4-6-14(7-5-13)21-16-9-12(11-18)8-15(10-16)20-2/h4-10H,3H2,1-2H3. The molecule has 0 aliphatic heterocycles. The number of benzene rings is 2. The Morgan fingerprint density at radius 1 is 1.10 bits per heavy atom. The number of carbonyl (C=O) groups is 1. The lowest BCUT2D eigenvalue weighted by atomic mass is 10.1. The molecule has 0 atom stereocenters. The summed E-state index contributed by atoms with van der Waals surface area (Å²) in [5, 5.41) is 8.97. The Morgan fingerprint density at radius 2 is 1.76 bits per heavy atom. The van der Waals surface area contributed by atoms with E-state index in [0.29, 0.717) is 34.8 Å². The van der Waals surface area contributed by atoms with Crippen molar-refractivity contribution in [2.75, 3.05) is 7.11 Å². The van der Waals surface area contributed by atoms with E-state index in [1.54, 1.807) is 42.5 Å². The normalized spacial score (nSPS) is 9.76. The van der Waals surface area contributed by atoms with Gasteiger partial charge in [-0.15, -0.1) is 0 Å². The van der Waals surface area contributed by atoms with Crippen molar-refractivity contribution in [3.63, 3.8) is 0 Å². The summed E-state index contributed by atoms with van der Waals surface area (Å²) < 4.78 is 10.8. The van der Waals surface area contributed by atoms with Crippen molar-refractivity contribution in [2.24, 2.45) is 0 Å². The van der Waals surface area contributed by atoms with Gasteiger partial charge in [0.2, 0.25) is 0 Å². The van der Waals surface area contributed by atoms with Crippen molar-refractivity contribution in [1.29, 1.82) is 5.26 Å². The maximum Gasteiger partial charge on any atom is 0.162 e. The summed E-state index contributed by atoms with van der Waals surface area (Å²) in [7, 11) is 1.53. The maximum atomic E-state index is 11.6. The third kappa shape index (κ3) is 3.61. The molecule has 21 heavy (non-hydrogen) atoms. The van der Waals surface area contributed by atoms with Gasteiger partial charge in [0.25, 0.3) is 0 Å². The molecule has 0 unspecified atom stereocenters. The molecule has 0 spiro atoms. The molecule has 4 nitrogen and oxygen atoms in total. The van der Waals surface area contributed by atoms with Gasteiger partial charge < -0.3 is 9.47 Å². The van der Waals surface area contributed by atoms with Crippen LogP contribution in [-0.2, 0) is 0 Å². The first-order valence-electron chi connectivity index (χ1n) is 6.56. The molecule has 0 N–H and O–H groups in total. The zero-order chi connectivity index (χ0) is 15.2. The van der Waals surface area contributed by atoms with E-state index in [2.05, 4.69) is 6.07 Å². The summed E-state index contributed by atoms with van der Waals surface area (Å²) in [6.45, 7) is 1.83. The first-order valence-corrected chi connectivity index (χ1v) is 6.56. The van der Waals surface area contributed by atoms with Crippen LogP contribution >= 0.6 is 0 Å². The average Bonchev–Trinajstić information content (AvgIpc) is 2.54. The summed E-state index contributed by atoms with van der Waals surface area (Å²) in [6, 6.07) is 13.9. The second-order valence-electron chi connectivity index (χ2n) is 4.41. The molecule has 4 heteroatoms. The minimum Gasteiger partial charge on any atom is -0.497 e. The van der Waals surface area contributed by atoms with Crippen molar-refractivity contribution in [3.8, 4) is 23.3 Å². The minimum absolute atomic E-state index is 0.0923. The molecule has 0 aliphatic rings. The van der Waals surface area contributed by atoms with Gasteiger partial charge in [-0.25, -0.2) is 0 Å². The first-order chi connectivity index (χ1) is 10.2. The molecular weight excluding hydrogens is 266 g/mol. The molecule has 0 aliphatic carbocycles. The van der Waals surface area contributed by atoms with Gasteiger partial charge in [0.05, 0.1) is 18.7 Å². The van der Waals surface area contributed by atoms with Crippen LogP contribution in [-0.4, -0.2) is 12.9 Å². The van der Waals surface area contributed by atoms with Gasteiger partial charge in [-0.3, -0.25) is 4.79 Å². The van der Waals surface area contributed by atoms with E-state index in [1.807, 2.05) is 6.92 Å². The number of carbonyl (C=O) groups excluding carboxylic acids is 1. The number of methoxy groups -OCH3 is 1. The largest absolute Gasteiger partial charge is 0.497 e. The van der Waals surface area contributed by atoms with Crippen LogP contribution in [0.2, 0.25) is 0 Å². The Kier molecular flexibility index (Phi) is 4.57. The summed E-state index contributed by atoms with van der Waals surface area (Å²) >= 11 is 0. The molecular formula is C17H15NO3. The van der Waals surface area contributed by atoms with Crippen LogP contribution in [0.15, 0.2) is 42.5 Å². The molecule has 2 rings (SSSR count). The Bertz CT molecular complexity index is 684. The lowest BCUT2D eigenvalue weighted by Crippen LogP contribution is -1.96. The second kappa shape index (κ2) is 6.58. The van der Waals surface area contributed by atoms with Crippen molar-refractivity contribution in [3.05, 3.63) is 53.6 Å². The SMILES string of the molecule is CCC(=O)c1ccc(Oc2cc(C#N)cc(OC)c2)cc1. The highest BCUT2D eigenvalue weighted by Crippen LogP contribution is 2.27. The summed E-state index contributed by atoms with van der Waals surface area (Å²) in [6.07, 6.45) is 0.474. The number of rotatable bonds is 5. The monoisotopic (exact) mass is 281 g/mol. The van der Waals surface area contributed by atoms with Crippen LogP contribution in [0.1, 0.15) is 29.3 Å². The molecule has 0 amide bonds. The molecule has 106 valence electrons. The van der Waals surface area contributed by atoms with Gasteiger partial charge in [-0.2, -0.15) is 5.26 Å². The lowest BCUT2D eigenvalue weighted by molar-refractivity contribution is 0.0988. The number of hydrogen-bond acceptors (Lipinski definition) is 4. The van der Waals surface area contributed by atoms with E-state index in [0.717, 1.165) is 0 Å². The molecule has 0 bridgehead atoms. The van der Waals surface area contributed by atoms with Crippen molar-refractivity contribution in [1.82, 2.24) is 0 Å². The molecule has 0 radical (unpaired) electrons. The van der Waals surface area contributed by atoms with Crippen LogP contribution in [0.5, 0.6) is 17.2 Å². The van der Waals surface area contributed by atoms with E-state index in [4.69, 9.17) is 14.7 Å². The number of nitrogens with zero attached hydrogens (tertiary/aromatic N) is 1. The third-order valence-corrected chi connectivity index (χ3v) is 2.98. The van der Waals surface area contributed by atoms with Gasteiger partial charge >= 0.3 is 0 Å². The zero-order valence-corrected chi connectivity index (χ0v) is 11.9. The fourth-order valence-corrected chi connectivity index (χ4v) is 1.86. The van der Waals surface area contributed by atoms with Crippen molar-refractivity contribution in [2.45, 2.75) is 13.3 Å². The number of ether oxygens (including phenoxy) is 2. The molecule has 0 saturated carbocycles. The Hall–Kier alpha value is -2.80. The van der Waals surface area contributed by atoms with E-state index in [9.17, 15) is 4.79 Å². The third-order valence-electron chi connectivity index (χ3n) is 2.98. The molecule has 0 saturated heterocycles. The number of hydrogen-bond donors (Lipinski definition) is 0. The average molecular weight is 281 g/mol. The highest BCUT2D eigenvalue weighted by atomic mass is 16.5. The predicted octanol–water partition coefficient (Wildman–Crippen LogP) is 3.95. The quantitative estimate of drug-likeness (QED) is 0.778. The van der Waals surface area contributed by atoms with Crippen LogP contribution in [0.3, 0.4) is 0 Å². The molecule has 0 aromatic heterocycles. The van der Waals surface area contributed by atoms with E-state index >= 15 is 0 Å². The Labute approximate surface area is 123 Å². The second-order valence-corrected chi connectivity index (χ2v) is 4.41. The molecule has 2 aromatic carbocycles. The molecule has 0 heterocycles. The highest BCUT2D eigenvalue weighted by molar-refractivity contribution is 5.95. The van der Waals surface area contributed by atoms with Gasteiger partial charge in [0, 0.05) is 18.1 Å². The summed E-state index contributed by atoms with van der Waals surface area (Å²) in [5.74, 6) is 1.76. The zero-order valence-electron chi connectivity index (χ0n) is 11.9. The Balaban J connectivity index is 2.22. The fraction of sp³-hybridized carbons (Fsp3) is 0.176. The first kappa shape index (κ1) is 14.6. The van der Waals surface area contributed by atoms with Gasteiger partial charge in [-0.05, 0) is 36.4 Å². The fourth-order valence-electron chi connectivity index (χ4n) is 1.86. The number of nitriles is 1. The summed E-state index contributed by atoms with van der Waals surface area (Å²) in [4.78, 5) is 11.6. The van der Waals surface area contributed by atoms with E-state index in [1.165, 1.54) is 7.11 Å². The smallest absolute Gasteiger partial charge is 0.162 e. The number of ketones is 1. The van der Waals surface area contributed by atoms with Crippen LogP contribution in [0.4, 0.5) is 0 Å². The maximum absolute atomic E-state index is 11.6. The van der Waals surface area contributed by atoms with Crippen LogP contribution in [0.25, 0.3) is 0 Å². The number of Topliss-reactive ketones (excluding diaryl/α,β-unsaturated/α-hetero) is 1. The van der Waals surface area contributed by atoms with Crippen LogP contribution < -0.4 is 9.47 Å². The molecule has 0 fully saturated rings. The lowest BCUT2D eigenvalue weighted by Gasteiger charge is -2.08.